The summed E-state index contributed by atoms with van der Waals surface area (Å²) in [6.07, 6.45) is 4.50. The SMILES string of the molecule is COc1cc2c(cc1OC(=O)CCCC[C@H]1CC3NC(=O)NC3S1)CCN[C@]21CS[C@@H]2c3c(OC(C)=O)c(C)c4c(c3[C@H](COC1=O)N1C2[C@H]2c3c(cc(C)c(OC)c3O)C[C@@H]([C@@H]1C#N)N2C)OCO4. The van der Waals surface area contributed by atoms with Gasteiger partial charge in [0.25, 0.3) is 0 Å². The van der Waals surface area contributed by atoms with Gasteiger partial charge in [-0.15, -0.1) is 23.5 Å². The molecule has 12 rings (SSSR count). The number of nitrogens with zero attached hydrogens (tertiary/aromatic N) is 3. The monoisotopic (exact) mass is 996 g/mol. The molecule has 0 aromatic heterocycles. The van der Waals surface area contributed by atoms with Crippen molar-refractivity contribution in [3.05, 3.63) is 62.7 Å². The Kier molecular flexibility index (Phi) is 12.0. The highest BCUT2D eigenvalue weighted by molar-refractivity contribution is 8.00. The summed E-state index contributed by atoms with van der Waals surface area (Å²) in [5.74, 6) is 0.743. The second kappa shape index (κ2) is 17.9. The van der Waals surface area contributed by atoms with E-state index in [1.165, 1.54) is 32.9 Å². The maximum Gasteiger partial charge on any atom is 0.331 e. The Labute approximate surface area is 413 Å². The molecule has 9 aliphatic rings. The van der Waals surface area contributed by atoms with Gasteiger partial charge in [-0.3, -0.25) is 24.7 Å². The van der Waals surface area contributed by atoms with Crippen LogP contribution in [0.2, 0.25) is 0 Å². The van der Waals surface area contributed by atoms with Crippen LogP contribution in [0.5, 0.6) is 40.2 Å². The Morgan fingerprint density at radius 2 is 1.80 bits per heavy atom. The number of ether oxygens (including phenoxy) is 7. The summed E-state index contributed by atoms with van der Waals surface area (Å²) in [4.78, 5) is 57.7. The fraction of sp³-hybridized carbons (Fsp3) is 0.540. The van der Waals surface area contributed by atoms with Gasteiger partial charge in [-0.25, -0.2) is 9.59 Å². The third kappa shape index (κ3) is 7.31. The maximum absolute atomic E-state index is 15.2. The van der Waals surface area contributed by atoms with E-state index >= 15 is 4.79 Å². The average molecular weight is 997 g/mol. The molecule has 18 nitrogen and oxygen atoms in total. The summed E-state index contributed by atoms with van der Waals surface area (Å²) in [5, 5.41) is 32.9. The standard InChI is InChI=1S/C50H56N6O12S2/c1-22-13-26-14-30-31(18-51)56-32-19-64-48(60)50(28-17-33(62-5)34(15-25(28)11-12-52-50)68-35(58)10-8-7-9-27-16-29-47(70-27)54-49(61)53-29)20-69-46(40(56)39(55(30)4)36(26)41(59)42(22)63-6)38-37(32)45-44(65-21-66-45)23(2)43(38)67-24(3)57/h13,15,17,27,29-32,39-40,46-47,52,59H,7-12,14,16,19-21H2,1-6H3,(H2,53,54,61)/t27-,29?,30-,31-,32-,39+,40?,46+,47?,50+/m0/s1. The lowest BCUT2D eigenvalue weighted by molar-refractivity contribution is -0.157. The minimum Gasteiger partial charge on any atom is -0.504 e. The molecule has 0 aliphatic carbocycles. The number of carbonyl (C=O) groups excluding carboxylic acids is 4. The molecule has 10 atom stereocenters. The van der Waals surface area contributed by atoms with E-state index < -0.39 is 52.9 Å². The third-order valence-corrected chi connectivity index (χ3v) is 18.6. The van der Waals surface area contributed by atoms with Crippen molar-refractivity contribution in [3.8, 4) is 46.3 Å². The number of amides is 2. The molecule has 3 aromatic rings. The number of piperazine rings is 1. The fourth-order valence-corrected chi connectivity index (χ4v) is 15.9. The lowest BCUT2D eigenvalue weighted by Gasteiger charge is -2.62. The molecule has 0 saturated carbocycles. The molecule has 370 valence electrons. The summed E-state index contributed by atoms with van der Waals surface area (Å²) < 4.78 is 42.8. The molecule has 20 heteroatoms. The normalized spacial score (nSPS) is 30.1. The van der Waals surface area contributed by atoms with Crippen LogP contribution in [0.15, 0.2) is 18.2 Å². The lowest BCUT2D eigenvalue weighted by Crippen LogP contribution is -2.69. The molecule has 3 aromatic carbocycles. The van der Waals surface area contributed by atoms with Crippen molar-refractivity contribution >= 4 is 47.5 Å². The minimum atomic E-state index is -1.44. The molecule has 2 amide bonds. The quantitative estimate of drug-likeness (QED) is 0.122. The third-order valence-electron chi connectivity index (χ3n) is 15.6. The predicted molar refractivity (Wildman–Crippen MR) is 256 cm³/mol. The molecular weight excluding hydrogens is 941 g/mol. The molecule has 9 heterocycles. The first kappa shape index (κ1) is 46.8. The van der Waals surface area contributed by atoms with E-state index in [0.717, 1.165) is 36.0 Å². The topological polar surface area (TPSA) is 219 Å². The van der Waals surface area contributed by atoms with Crippen LogP contribution in [0.4, 0.5) is 4.79 Å². The number of benzene rings is 3. The van der Waals surface area contributed by atoms with E-state index in [2.05, 4.69) is 31.8 Å². The number of esters is 3. The van der Waals surface area contributed by atoms with Crippen molar-refractivity contribution in [2.24, 2.45) is 0 Å². The van der Waals surface area contributed by atoms with E-state index in [-0.39, 0.29) is 66.3 Å². The van der Waals surface area contributed by atoms with Crippen molar-refractivity contribution in [3.63, 3.8) is 0 Å². The second-order valence-electron chi connectivity index (χ2n) is 19.4. The zero-order chi connectivity index (χ0) is 48.9. The number of methoxy groups -OCH3 is 2. The highest BCUT2D eigenvalue weighted by Gasteiger charge is 2.62. The van der Waals surface area contributed by atoms with Crippen LogP contribution < -0.4 is 44.4 Å². The van der Waals surface area contributed by atoms with Crippen molar-refractivity contribution < 1.29 is 57.4 Å². The van der Waals surface area contributed by atoms with Crippen LogP contribution >= 0.6 is 23.5 Å². The number of likely N-dealkylation sites (N-methyl/N-ethyl adjacent to an activating group) is 1. The van der Waals surface area contributed by atoms with Crippen LogP contribution in [0.3, 0.4) is 0 Å². The Bertz CT molecular complexity index is 2750. The van der Waals surface area contributed by atoms with E-state index in [4.69, 9.17) is 33.2 Å². The van der Waals surface area contributed by atoms with Gasteiger partial charge in [-0.1, -0.05) is 12.5 Å². The number of aryl methyl sites for hydroxylation is 1. The van der Waals surface area contributed by atoms with Crippen LogP contribution in [-0.4, -0.2) is 121 Å². The van der Waals surface area contributed by atoms with E-state index in [9.17, 15) is 24.8 Å². The number of hydrogen-bond donors (Lipinski definition) is 4. The number of nitrogens with one attached hydrogen (secondary N) is 3. The Balaban J connectivity index is 0.971. The number of hydrogen-bond acceptors (Lipinski definition) is 18. The van der Waals surface area contributed by atoms with E-state index in [1.54, 1.807) is 23.9 Å². The zero-order valence-corrected chi connectivity index (χ0v) is 41.4. The first-order valence-corrected chi connectivity index (χ1v) is 25.9. The predicted octanol–water partition coefficient (Wildman–Crippen LogP) is 5.26. The Morgan fingerprint density at radius 1 is 0.986 bits per heavy atom. The minimum absolute atomic E-state index is 0.0260. The van der Waals surface area contributed by atoms with Gasteiger partial charge in [-0.2, -0.15) is 5.26 Å². The number of phenolic OH excluding ortho intramolecular Hbond substituents is 1. The van der Waals surface area contributed by atoms with Crippen molar-refractivity contribution in [2.45, 2.75) is 123 Å². The molecule has 0 radical (unpaired) electrons. The number of phenols is 1. The van der Waals surface area contributed by atoms with Crippen molar-refractivity contribution in [1.82, 2.24) is 25.8 Å². The molecule has 70 heavy (non-hydrogen) atoms. The smallest absolute Gasteiger partial charge is 0.331 e. The van der Waals surface area contributed by atoms with Crippen LogP contribution in [0.25, 0.3) is 0 Å². The Hall–Kier alpha value is -5.59. The van der Waals surface area contributed by atoms with Crippen LogP contribution in [0, 0.1) is 25.2 Å². The first-order chi connectivity index (χ1) is 33.8. The van der Waals surface area contributed by atoms with Gasteiger partial charge in [0, 0.05) is 65.2 Å². The molecule has 4 N–H and O–H groups in total. The van der Waals surface area contributed by atoms with E-state index in [0.29, 0.717) is 81.9 Å². The number of urea groups is 1. The highest BCUT2D eigenvalue weighted by atomic mass is 32.2. The number of carbonyl (C=O) groups is 4. The lowest BCUT2D eigenvalue weighted by atomic mass is 9.71. The largest absolute Gasteiger partial charge is 0.504 e. The molecule has 4 fully saturated rings. The molecule has 1 spiro atoms. The number of fused-ring (bicyclic) bond motifs is 10. The summed E-state index contributed by atoms with van der Waals surface area (Å²) in [6, 6.07) is 5.34. The number of thioether (sulfide) groups is 2. The van der Waals surface area contributed by atoms with Gasteiger partial charge in [0.1, 0.15) is 18.4 Å². The number of aromatic hydroxyl groups is 1. The summed E-state index contributed by atoms with van der Waals surface area (Å²) in [6.45, 7) is 5.17. The number of rotatable bonds is 9. The molecule has 4 bridgehead atoms. The zero-order valence-electron chi connectivity index (χ0n) is 39.8. The average Bonchev–Trinajstić information content (AvgIpc) is 4.06. The second-order valence-corrected chi connectivity index (χ2v) is 22.0. The van der Waals surface area contributed by atoms with Gasteiger partial charge in [0.15, 0.2) is 40.0 Å². The Morgan fingerprint density at radius 3 is 2.56 bits per heavy atom. The molecule has 3 unspecified atom stereocenters. The maximum atomic E-state index is 15.2. The van der Waals surface area contributed by atoms with Crippen LogP contribution in [0.1, 0.15) is 101 Å². The number of nitriles is 1. The molecular formula is C50H56N6O12S2. The molecule has 4 saturated heterocycles. The summed E-state index contributed by atoms with van der Waals surface area (Å²) in [7, 11) is 5.01. The van der Waals surface area contributed by atoms with Crippen molar-refractivity contribution in [2.75, 3.05) is 47.0 Å². The van der Waals surface area contributed by atoms with Gasteiger partial charge in [-0.05, 0) is 87.4 Å². The van der Waals surface area contributed by atoms with Crippen molar-refractivity contribution in [1.29, 1.82) is 5.26 Å². The van der Waals surface area contributed by atoms with Gasteiger partial charge in [0.05, 0.1) is 49.0 Å². The first-order valence-electron chi connectivity index (χ1n) is 23.9. The van der Waals surface area contributed by atoms with Crippen LogP contribution in [-0.2, 0) is 37.5 Å². The van der Waals surface area contributed by atoms with E-state index in [1.807, 2.05) is 27.0 Å². The summed E-state index contributed by atoms with van der Waals surface area (Å²) in [5.41, 5.74) is 4.20. The molecule has 9 aliphatic heterocycles. The fourth-order valence-electron chi connectivity index (χ4n) is 12.6. The van der Waals surface area contributed by atoms with Gasteiger partial charge < -0.3 is 48.9 Å². The summed E-state index contributed by atoms with van der Waals surface area (Å²) >= 11 is 3.24. The van der Waals surface area contributed by atoms with Gasteiger partial charge in [0.2, 0.25) is 6.79 Å². The number of unbranched alkanes of at least 4 members (excludes halogenated alkanes) is 1. The van der Waals surface area contributed by atoms with Gasteiger partial charge >= 0.3 is 23.9 Å². The highest BCUT2D eigenvalue weighted by Crippen LogP contribution is 2.65.